The molecule has 0 aliphatic rings. The Balaban J connectivity index is 1.48. The largest absolute Gasteiger partial charge is 0.312 e. The molecule has 2 aromatic carbocycles. The molecule has 0 bridgehead atoms. The van der Waals surface area contributed by atoms with Crippen molar-refractivity contribution in [1.82, 2.24) is 19.6 Å². The van der Waals surface area contributed by atoms with E-state index in [4.69, 9.17) is 23.2 Å². The Morgan fingerprint density at radius 3 is 2.47 bits per heavy atom. The molecule has 0 unspecified atom stereocenters. The molecule has 1 N–H and O–H groups in total. The van der Waals surface area contributed by atoms with Crippen LogP contribution in [0.25, 0.3) is 0 Å². The van der Waals surface area contributed by atoms with Crippen LogP contribution in [0.3, 0.4) is 0 Å². The average Bonchev–Trinajstić information content (AvgIpc) is 3.27. The van der Waals surface area contributed by atoms with E-state index in [1.165, 1.54) is 0 Å². The number of carbonyl (C=O) groups is 1. The van der Waals surface area contributed by atoms with E-state index in [9.17, 15) is 14.9 Å². The molecule has 2 heterocycles. The number of anilines is 1. The summed E-state index contributed by atoms with van der Waals surface area (Å²) in [7, 11) is 0. The van der Waals surface area contributed by atoms with Crippen molar-refractivity contribution in [3.8, 4) is 0 Å². The number of hydrogen-bond donors (Lipinski definition) is 1. The van der Waals surface area contributed by atoms with Crippen LogP contribution in [0, 0.1) is 24.0 Å². The van der Waals surface area contributed by atoms with Gasteiger partial charge in [-0.25, -0.2) is 0 Å². The summed E-state index contributed by atoms with van der Waals surface area (Å²) < 4.78 is 3.19. The van der Waals surface area contributed by atoms with Gasteiger partial charge in [0, 0.05) is 16.8 Å². The summed E-state index contributed by atoms with van der Waals surface area (Å²) in [6.45, 7) is 4.01. The van der Waals surface area contributed by atoms with Crippen LogP contribution in [0.4, 0.5) is 11.5 Å². The summed E-state index contributed by atoms with van der Waals surface area (Å²) in [5.74, 6) is -0.125. The van der Waals surface area contributed by atoms with E-state index < -0.39 is 4.92 Å². The molecule has 0 aliphatic carbocycles. The lowest BCUT2D eigenvalue weighted by molar-refractivity contribution is -0.386. The lowest BCUT2D eigenvalue weighted by Crippen LogP contribution is -2.14. The SMILES string of the molecule is Cc1nn(Cc2cccc(C(=O)Nc3nn(Cc4ccc(Cl)cc4)cc3Cl)c2)c(C)c1[N+](=O)[O-]. The van der Waals surface area contributed by atoms with Crippen LogP contribution in [0.1, 0.15) is 32.9 Å². The number of carbonyl (C=O) groups excluding carboxylic acids is 1. The number of rotatable bonds is 7. The summed E-state index contributed by atoms with van der Waals surface area (Å²) >= 11 is 12.2. The summed E-state index contributed by atoms with van der Waals surface area (Å²) in [4.78, 5) is 23.7. The Kier molecular flexibility index (Phi) is 6.67. The lowest BCUT2D eigenvalue weighted by atomic mass is 10.1. The molecular formula is C23H20Cl2N6O3. The number of aryl methyl sites for hydroxylation is 1. The van der Waals surface area contributed by atoms with Gasteiger partial charge in [-0.1, -0.05) is 47.5 Å². The molecule has 0 spiro atoms. The van der Waals surface area contributed by atoms with Gasteiger partial charge in [-0.15, -0.1) is 0 Å². The highest BCUT2D eigenvalue weighted by Crippen LogP contribution is 2.24. The Bertz CT molecular complexity index is 1380. The number of nitrogens with one attached hydrogen (secondary N) is 1. The molecule has 174 valence electrons. The zero-order chi connectivity index (χ0) is 24.4. The number of amides is 1. The van der Waals surface area contributed by atoms with Crippen molar-refractivity contribution in [2.75, 3.05) is 5.32 Å². The Labute approximate surface area is 205 Å². The van der Waals surface area contributed by atoms with Crippen molar-refractivity contribution in [2.45, 2.75) is 26.9 Å². The Morgan fingerprint density at radius 2 is 1.79 bits per heavy atom. The van der Waals surface area contributed by atoms with E-state index in [0.29, 0.717) is 33.5 Å². The predicted molar refractivity (Wildman–Crippen MR) is 130 cm³/mol. The van der Waals surface area contributed by atoms with Gasteiger partial charge in [-0.05, 0) is 49.2 Å². The third-order valence-corrected chi connectivity index (χ3v) is 5.78. The van der Waals surface area contributed by atoms with Gasteiger partial charge in [0.25, 0.3) is 5.91 Å². The number of nitro groups is 1. The Hall–Kier alpha value is -3.69. The molecule has 0 saturated carbocycles. The van der Waals surface area contributed by atoms with E-state index >= 15 is 0 Å². The first-order valence-electron chi connectivity index (χ1n) is 10.3. The van der Waals surface area contributed by atoms with Gasteiger partial charge in [-0.3, -0.25) is 24.3 Å². The van der Waals surface area contributed by atoms with Gasteiger partial charge in [0.05, 0.1) is 18.0 Å². The van der Waals surface area contributed by atoms with Crippen molar-refractivity contribution in [3.63, 3.8) is 0 Å². The smallest absolute Gasteiger partial charge is 0.304 e. The third-order valence-electron chi connectivity index (χ3n) is 5.25. The molecule has 0 aliphatic heterocycles. The van der Waals surface area contributed by atoms with Crippen molar-refractivity contribution in [1.29, 1.82) is 0 Å². The van der Waals surface area contributed by atoms with Crippen molar-refractivity contribution >= 4 is 40.6 Å². The first-order chi connectivity index (χ1) is 16.2. The van der Waals surface area contributed by atoms with Crippen LogP contribution < -0.4 is 5.32 Å². The predicted octanol–water partition coefficient (Wildman–Crippen LogP) is 5.26. The molecule has 2 aromatic heterocycles. The molecule has 4 rings (SSSR count). The fourth-order valence-electron chi connectivity index (χ4n) is 3.61. The maximum Gasteiger partial charge on any atom is 0.312 e. The molecule has 4 aromatic rings. The standard InChI is InChI=1S/C23H20Cl2N6O3/c1-14-21(31(33)34)15(2)30(27-14)12-17-4-3-5-18(10-17)23(32)26-22-20(25)13-29(28-22)11-16-6-8-19(24)9-7-16/h3-10,13H,11-12H2,1-2H3,(H,26,28,32). The van der Waals surface area contributed by atoms with Crippen molar-refractivity contribution in [2.24, 2.45) is 0 Å². The quantitative estimate of drug-likeness (QED) is 0.276. The van der Waals surface area contributed by atoms with Crippen LogP contribution in [-0.4, -0.2) is 30.4 Å². The molecular weight excluding hydrogens is 479 g/mol. The molecule has 0 fully saturated rings. The summed E-state index contributed by atoms with van der Waals surface area (Å²) in [5.41, 5.74) is 2.95. The normalized spacial score (nSPS) is 10.9. The van der Waals surface area contributed by atoms with Gasteiger partial charge in [0.15, 0.2) is 5.82 Å². The number of aromatic nitrogens is 4. The van der Waals surface area contributed by atoms with Gasteiger partial charge in [-0.2, -0.15) is 10.2 Å². The van der Waals surface area contributed by atoms with E-state index in [1.807, 2.05) is 18.2 Å². The maximum absolute atomic E-state index is 12.8. The summed E-state index contributed by atoms with van der Waals surface area (Å²) in [6, 6.07) is 14.3. The number of hydrogen-bond acceptors (Lipinski definition) is 5. The number of halogens is 2. The third kappa shape index (κ3) is 5.11. The van der Waals surface area contributed by atoms with E-state index in [2.05, 4.69) is 15.5 Å². The van der Waals surface area contributed by atoms with Gasteiger partial charge in [0.1, 0.15) is 16.4 Å². The van der Waals surface area contributed by atoms with Gasteiger partial charge >= 0.3 is 5.69 Å². The highest BCUT2D eigenvalue weighted by Gasteiger charge is 2.22. The van der Waals surface area contributed by atoms with Gasteiger partial charge < -0.3 is 5.32 Å². The first-order valence-corrected chi connectivity index (χ1v) is 11.0. The van der Waals surface area contributed by atoms with Crippen LogP contribution in [-0.2, 0) is 13.1 Å². The molecule has 0 radical (unpaired) electrons. The fraction of sp³-hybridized carbons (Fsp3) is 0.174. The minimum atomic E-state index is -0.437. The second-order valence-electron chi connectivity index (χ2n) is 7.74. The molecule has 0 atom stereocenters. The monoisotopic (exact) mass is 498 g/mol. The minimum Gasteiger partial charge on any atom is -0.304 e. The van der Waals surface area contributed by atoms with Crippen molar-refractivity contribution in [3.05, 3.63) is 103 Å². The van der Waals surface area contributed by atoms with Crippen LogP contribution >= 0.6 is 23.2 Å². The highest BCUT2D eigenvalue weighted by atomic mass is 35.5. The first kappa shape index (κ1) is 23.5. The molecule has 1 amide bonds. The molecule has 9 nitrogen and oxygen atoms in total. The summed E-state index contributed by atoms with van der Waals surface area (Å²) in [5, 5.41) is 23.6. The van der Waals surface area contributed by atoms with Gasteiger partial charge in [0.2, 0.25) is 0 Å². The van der Waals surface area contributed by atoms with Crippen molar-refractivity contribution < 1.29 is 9.72 Å². The topological polar surface area (TPSA) is 108 Å². The van der Waals surface area contributed by atoms with E-state index in [1.54, 1.807) is 59.7 Å². The Morgan fingerprint density at radius 1 is 1.06 bits per heavy atom. The van der Waals surface area contributed by atoms with Crippen LogP contribution in [0.2, 0.25) is 10.0 Å². The zero-order valence-corrected chi connectivity index (χ0v) is 19.8. The number of nitrogens with zero attached hydrogens (tertiary/aromatic N) is 5. The highest BCUT2D eigenvalue weighted by molar-refractivity contribution is 6.33. The van der Waals surface area contributed by atoms with Crippen LogP contribution in [0.15, 0.2) is 54.7 Å². The second kappa shape index (κ2) is 9.66. The second-order valence-corrected chi connectivity index (χ2v) is 8.58. The lowest BCUT2D eigenvalue weighted by Gasteiger charge is -2.07. The average molecular weight is 499 g/mol. The van der Waals surface area contributed by atoms with E-state index in [0.717, 1.165) is 11.1 Å². The van der Waals surface area contributed by atoms with E-state index in [-0.39, 0.29) is 24.0 Å². The zero-order valence-electron chi connectivity index (χ0n) is 18.3. The number of benzene rings is 2. The molecule has 0 saturated heterocycles. The fourth-order valence-corrected chi connectivity index (χ4v) is 3.93. The molecule has 34 heavy (non-hydrogen) atoms. The summed E-state index contributed by atoms with van der Waals surface area (Å²) in [6.07, 6.45) is 1.64. The van der Waals surface area contributed by atoms with Crippen LogP contribution in [0.5, 0.6) is 0 Å². The molecule has 11 heteroatoms. The minimum absolute atomic E-state index is 0.00211. The maximum atomic E-state index is 12.8.